The van der Waals surface area contributed by atoms with Gasteiger partial charge in [-0.1, -0.05) is 39.8 Å². The van der Waals surface area contributed by atoms with Crippen LogP contribution in [0.3, 0.4) is 0 Å². The maximum Gasteiger partial charge on any atom is 0.123 e. The van der Waals surface area contributed by atoms with Crippen molar-refractivity contribution in [3.63, 3.8) is 0 Å². The van der Waals surface area contributed by atoms with Crippen LogP contribution < -0.4 is 4.74 Å². The van der Waals surface area contributed by atoms with Crippen LogP contribution in [0.2, 0.25) is 0 Å². The van der Waals surface area contributed by atoms with Gasteiger partial charge in [-0.25, -0.2) is 0 Å². The first kappa shape index (κ1) is 11.5. The van der Waals surface area contributed by atoms with Crippen molar-refractivity contribution in [3.05, 3.63) is 29.3 Å². The molecule has 1 aromatic carbocycles. The van der Waals surface area contributed by atoms with Gasteiger partial charge in [0, 0.05) is 11.0 Å². The molecule has 0 fully saturated rings. The van der Waals surface area contributed by atoms with Crippen molar-refractivity contribution in [2.75, 3.05) is 6.61 Å². The Morgan fingerprint density at radius 1 is 1.12 bits per heavy atom. The van der Waals surface area contributed by atoms with Crippen LogP contribution in [0.15, 0.2) is 18.2 Å². The summed E-state index contributed by atoms with van der Waals surface area (Å²) in [6.45, 7) is 12.2. The second-order valence-electron chi connectivity index (χ2n) is 5.64. The largest absolute Gasteiger partial charge is 0.492 e. The van der Waals surface area contributed by atoms with Crippen molar-refractivity contribution in [1.29, 1.82) is 0 Å². The molecular formula is C15H22O. The molecule has 1 heterocycles. The highest BCUT2D eigenvalue weighted by molar-refractivity contribution is 5.46. The molecule has 0 N–H and O–H groups in total. The van der Waals surface area contributed by atoms with Crippen LogP contribution in [0.25, 0.3) is 0 Å². The number of hydrogen-bond acceptors (Lipinski definition) is 1. The van der Waals surface area contributed by atoms with Crippen LogP contribution >= 0.6 is 0 Å². The predicted molar refractivity (Wildman–Crippen MR) is 68.0 cm³/mol. The van der Waals surface area contributed by atoms with Gasteiger partial charge in [0.2, 0.25) is 0 Å². The van der Waals surface area contributed by atoms with Crippen molar-refractivity contribution >= 4 is 0 Å². The molecule has 0 saturated carbocycles. The summed E-state index contributed by atoms with van der Waals surface area (Å²) in [6, 6.07) is 6.63. The average molecular weight is 218 g/mol. The molecule has 16 heavy (non-hydrogen) atoms. The zero-order valence-electron chi connectivity index (χ0n) is 11.0. The number of hydrogen-bond donors (Lipinski definition) is 0. The fourth-order valence-electron chi connectivity index (χ4n) is 3.03. The minimum Gasteiger partial charge on any atom is -0.492 e. The van der Waals surface area contributed by atoms with E-state index >= 15 is 0 Å². The smallest absolute Gasteiger partial charge is 0.123 e. The molecule has 0 bridgehead atoms. The Morgan fingerprint density at radius 3 is 2.31 bits per heavy atom. The second-order valence-corrected chi connectivity index (χ2v) is 5.64. The highest BCUT2D eigenvalue weighted by atomic mass is 16.5. The van der Waals surface area contributed by atoms with Gasteiger partial charge in [-0.15, -0.1) is 0 Å². The molecule has 1 aromatic rings. The van der Waals surface area contributed by atoms with Crippen molar-refractivity contribution in [2.45, 2.75) is 40.0 Å². The molecule has 1 heteroatoms. The third-order valence-electron chi connectivity index (χ3n) is 4.17. The first-order valence-corrected chi connectivity index (χ1v) is 6.22. The highest BCUT2D eigenvalue weighted by Gasteiger charge is 2.45. The molecule has 1 aliphatic heterocycles. The van der Waals surface area contributed by atoms with Crippen LogP contribution in [0, 0.1) is 18.8 Å². The molecule has 0 saturated heterocycles. The fourth-order valence-corrected chi connectivity index (χ4v) is 3.03. The summed E-state index contributed by atoms with van der Waals surface area (Å²) in [7, 11) is 0. The van der Waals surface area contributed by atoms with E-state index in [1.807, 2.05) is 0 Å². The minimum atomic E-state index is 0.197. The van der Waals surface area contributed by atoms with E-state index in [0.29, 0.717) is 11.8 Å². The summed E-state index contributed by atoms with van der Waals surface area (Å²) in [5.74, 6) is 2.32. The third kappa shape index (κ3) is 1.45. The zero-order chi connectivity index (χ0) is 11.9. The zero-order valence-corrected chi connectivity index (χ0v) is 11.0. The van der Waals surface area contributed by atoms with E-state index < -0.39 is 0 Å². The summed E-state index contributed by atoms with van der Waals surface area (Å²) in [4.78, 5) is 0. The van der Waals surface area contributed by atoms with Gasteiger partial charge < -0.3 is 4.74 Å². The van der Waals surface area contributed by atoms with Gasteiger partial charge in [0.15, 0.2) is 0 Å². The Kier molecular flexibility index (Phi) is 2.73. The van der Waals surface area contributed by atoms with E-state index in [-0.39, 0.29) is 5.41 Å². The molecule has 1 nitrogen and oxygen atoms in total. The van der Waals surface area contributed by atoms with Gasteiger partial charge in [-0.3, -0.25) is 0 Å². The average Bonchev–Trinajstić information content (AvgIpc) is 2.56. The SMILES string of the molecule is Cc1ccc2c(c1)OCC2(C(C)C)C(C)C. The summed E-state index contributed by atoms with van der Waals surface area (Å²) < 4.78 is 5.92. The van der Waals surface area contributed by atoms with E-state index in [0.717, 1.165) is 12.4 Å². The van der Waals surface area contributed by atoms with E-state index in [2.05, 4.69) is 52.8 Å². The van der Waals surface area contributed by atoms with Gasteiger partial charge in [-0.05, 0) is 30.4 Å². The standard InChI is InChI=1S/C15H22O/c1-10(2)15(11(3)4)9-16-14-8-12(5)6-7-13(14)15/h6-8,10-11H,9H2,1-5H3. The first-order valence-electron chi connectivity index (χ1n) is 6.22. The lowest BCUT2D eigenvalue weighted by atomic mass is 9.66. The van der Waals surface area contributed by atoms with Gasteiger partial charge in [0.05, 0.1) is 6.61 Å². The Bertz CT molecular complexity index is 382. The third-order valence-corrected chi connectivity index (χ3v) is 4.17. The predicted octanol–water partition coefficient (Wildman–Crippen LogP) is 3.94. The lowest BCUT2D eigenvalue weighted by Gasteiger charge is -2.36. The van der Waals surface area contributed by atoms with E-state index in [9.17, 15) is 0 Å². The number of ether oxygens (including phenoxy) is 1. The van der Waals surface area contributed by atoms with Crippen LogP contribution in [0.4, 0.5) is 0 Å². The molecule has 88 valence electrons. The van der Waals surface area contributed by atoms with Crippen molar-refractivity contribution in [1.82, 2.24) is 0 Å². The molecular weight excluding hydrogens is 196 g/mol. The van der Waals surface area contributed by atoms with Gasteiger partial charge in [0.1, 0.15) is 5.75 Å². The summed E-state index contributed by atoms with van der Waals surface area (Å²) in [5, 5.41) is 0. The maximum atomic E-state index is 5.92. The maximum absolute atomic E-state index is 5.92. The topological polar surface area (TPSA) is 9.23 Å². The lowest BCUT2D eigenvalue weighted by molar-refractivity contribution is 0.161. The Labute approximate surface area is 98.8 Å². The lowest BCUT2D eigenvalue weighted by Crippen LogP contribution is -2.39. The molecule has 0 aliphatic carbocycles. The van der Waals surface area contributed by atoms with Crippen LogP contribution in [-0.4, -0.2) is 6.61 Å². The van der Waals surface area contributed by atoms with Crippen LogP contribution in [-0.2, 0) is 5.41 Å². The van der Waals surface area contributed by atoms with Crippen LogP contribution in [0.1, 0.15) is 38.8 Å². The fraction of sp³-hybridized carbons (Fsp3) is 0.600. The van der Waals surface area contributed by atoms with Crippen LogP contribution in [0.5, 0.6) is 5.75 Å². The van der Waals surface area contributed by atoms with Gasteiger partial charge in [0.25, 0.3) is 0 Å². The second kappa shape index (κ2) is 3.80. The normalized spacial score (nSPS) is 17.7. The number of rotatable bonds is 2. The number of aryl methyl sites for hydroxylation is 1. The van der Waals surface area contributed by atoms with Gasteiger partial charge >= 0.3 is 0 Å². The highest BCUT2D eigenvalue weighted by Crippen LogP contribution is 2.48. The molecule has 0 unspecified atom stereocenters. The first-order chi connectivity index (χ1) is 7.48. The molecule has 1 aliphatic rings. The number of fused-ring (bicyclic) bond motifs is 1. The monoisotopic (exact) mass is 218 g/mol. The van der Waals surface area contributed by atoms with E-state index in [1.165, 1.54) is 11.1 Å². The molecule has 0 atom stereocenters. The van der Waals surface area contributed by atoms with Crippen molar-refractivity contribution < 1.29 is 4.74 Å². The number of benzene rings is 1. The molecule has 2 rings (SSSR count). The quantitative estimate of drug-likeness (QED) is 0.730. The Balaban J connectivity index is 2.55. The molecule has 0 spiro atoms. The summed E-state index contributed by atoms with van der Waals surface area (Å²) >= 11 is 0. The minimum absolute atomic E-state index is 0.197. The molecule has 0 amide bonds. The van der Waals surface area contributed by atoms with Gasteiger partial charge in [-0.2, -0.15) is 0 Å². The Hall–Kier alpha value is -0.980. The van der Waals surface area contributed by atoms with E-state index in [4.69, 9.17) is 4.74 Å². The van der Waals surface area contributed by atoms with E-state index in [1.54, 1.807) is 0 Å². The van der Waals surface area contributed by atoms with Crippen molar-refractivity contribution in [2.24, 2.45) is 11.8 Å². The summed E-state index contributed by atoms with van der Waals surface area (Å²) in [6.07, 6.45) is 0. The molecule has 0 radical (unpaired) electrons. The Morgan fingerprint density at radius 2 is 1.75 bits per heavy atom. The summed E-state index contributed by atoms with van der Waals surface area (Å²) in [5.41, 5.74) is 2.88. The molecule has 0 aromatic heterocycles. The van der Waals surface area contributed by atoms with Crippen molar-refractivity contribution in [3.8, 4) is 5.75 Å².